The van der Waals surface area contributed by atoms with Gasteiger partial charge in [-0.05, 0) is 30.7 Å². The van der Waals surface area contributed by atoms with Gasteiger partial charge in [0.1, 0.15) is 0 Å². The zero-order valence-electron chi connectivity index (χ0n) is 12.3. The SMILES string of the molecule is CCCCC(NCC)c1cc(Cl)c(OC)c(OC)c1. The average molecular weight is 286 g/mol. The van der Waals surface area contributed by atoms with Crippen molar-refractivity contribution in [3.05, 3.63) is 22.7 Å². The minimum absolute atomic E-state index is 0.308. The van der Waals surface area contributed by atoms with Gasteiger partial charge in [0.15, 0.2) is 11.5 Å². The van der Waals surface area contributed by atoms with Crippen LogP contribution in [0.5, 0.6) is 11.5 Å². The predicted molar refractivity (Wildman–Crippen MR) is 80.5 cm³/mol. The number of halogens is 1. The number of benzene rings is 1. The van der Waals surface area contributed by atoms with E-state index in [1.54, 1.807) is 14.2 Å². The van der Waals surface area contributed by atoms with Crippen LogP contribution in [0.1, 0.15) is 44.7 Å². The smallest absolute Gasteiger partial charge is 0.179 e. The Bertz CT molecular complexity index is 396. The average Bonchev–Trinajstić information content (AvgIpc) is 2.42. The fraction of sp³-hybridized carbons (Fsp3) is 0.600. The van der Waals surface area contributed by atoms with Crippen LogP contribution in [0.25, 0.3) is 0 Å². The largest absolute Gasteiger partial charge is 0.493 e. The van der Waals surface area contributed by atoms with Crippen LogP contribution in [0.2, 0.25) is 5.02 Å². The second kappa shape index (κ2) is 8.28. The van der Waals surface area contributed by atoms with Crippen LogP contribution in [-0.4, -0.2) is 20.8 Å². The molecule has 1 N–H and O–H groups in total. The Morgan fingerprint density at radius 1 is 1.21 bits per heavy atom. The molecule has 1 aromatic carbocycles. The highest BCUT2D eigenvalue weighted by atomic mass is 35.5. The maximum atomic E-state index is 6.26. The topological polar surface area (TPSA) is 30.5 Å². The molecule has 1 unspecified atom stereocenters. The minimum Gasteiger partial charge on any atom is -0.493 e. The molecule has 0 saturated carbocycles. The summed E-state index contributed by atoms with van der Waals surface area (Å²) in [5.74, 6) is 1.28. The molecule has 4 heteroatoms. The molecule has 108 valence electrons. The lowest BCUT2D eigenvalue weighted by Crippen LogP contribution is -2.21. The Morgan fingerprint density at radius 2 is 1.95 bits per heavy atom. The maximum absolute atomic E-state index is 6.26. The van der Waals surface area contributed by atoms with Gasteiger partial charge >= 0.3 is 0 Å². The van der Waals surface area contributed by atoms with Crippen molar-refractivity contribution < 1.29 is 9.47 Å². The second-order valence-corrected chi connectivity index (χ2v) is 4.90. The van der Waals surface area contributed by atoms with E-state index >= 15 is 0 Å². The Kier molecular flexibility index (Phi) is 7.03. The standard InChI is InChI=1S/C15H24ClNO2/c1-5-7-8-13(17-6-2)11-9-12(16)15(19-4)14(10-11)18-3/h9-10,13,17H,5-8H2,1-4H3. The number of unbranched alkanes of at least 4 members (excludes halogenated alkanes) is 1. The van der Waals surface area contributed by atoms with Gasteiger partial charge in [0.05, 0.1) is 19.2 Å². The first-order valence-corrected chi connectivity index (χ1v) is 7.20. The first-order valence-electron chi connectivity index (χ1n) is 6.82. The predicted octanol–water partition coefficient (Wildman–Crippen LogP) is 4.20. The summed E-state index contributed by atoms with van der Waals surface area (Å²) in [6.07, 6.45) is 3.46. The summed E-state index contributed by atoms with van der Waals surface area (Å²) in [5, 5.41) is 4.09. The molecular formula is C15H24ClNO2. The van der Waals surface area contributed by atoms with E-state index in [1.165, 1.54) is 12.8 Å². The van der Waals surface area contributed by atoms with Crippen molar-refractivity contribution in [2.45, 2.75) is 39.2 Å². The molecule has 0 saturated heterocycles. The van der Waals surface area contributed by atoms with Crippen LogP contribution < -0.4 is 14.8 Å². The summed E-state index contributed by atoms with van der Waals surface area (Å²) < 4.78 is 10.6. The number of rotatable bonds is 8. The van der Waals surface area contributed by atoms with E-state index in [-0.39, 0.29) is 0 Å². The summed E-state index contributed by atoms with van der Waals surface area (Å²) >= 11 is 6.26. The van der Waals surface area contributed by atoms with E-state index in [1.807, 2.05) is 12.1 Å². The van der Waals surface area contributed by atoms with E-state index in [0.29, 0.717) is 22.6 Å². The molecule has 1 aromatic rings. The van der Waals surface area contributed by atoms with E-state index < -0.39 is 0 Å². The van der Waals surface area contributed by atoms with Crippen LogP contribution in [0.4, 0.5) is 0 Å². The number of hydrogen-bond acceptors (Lipinski definition) is 3. The third kappa shape index (κ3) is 4.29. The number of ether oxygens (including phenoxy) is 2. The highest BCUT2D eigenvalue weighted by molar-refractivity contribution is 6.32. The molecule has 19 heavy (non-hydrogen) atoms. The van der Waals surface area contributed by atoms with Gasteiger partial charge in [-0.25, -0.2) is 0 Å². The lowest BCUT2D eigenvalue weighted by atomic mass is 10.0. The Morgan fingerprint density at radius 3 is 2.47 bits per heavy atom. The van der Waals surface area contributed by atoms with Gasteiger partial charge in [-0.2, -0.15) is 0 Å². The van der Waals surface area contributed by atoms with Crippen molar-refractivity contribution in [2.24, 2.45) is 0 Å². The number of methoxy groups -OCH3 is 2. The molecule has 1 atom stereocenters. The molecule has 0 radical (unpaired) electrons. The van der Waals surface area contributed by atoms with Crippen molar-refractivity contribution in [3.8, 4) is 11.5 Å². The first-order chi connectivity index (χ1) is 9.17. The first kappa shape index (κ1) is 16.1. The van der Waals surface area contributed by atoms with Crippen molar-refractivity contribution in [2.75, 3.05) is 20.8 Å². The van der Waals surface area contributed by atoms with Crippen LogP contribution in [0.3, 0.4) is 0 Å². The van der Waals surface area contributed by atoms with Crippen LogP contribution in [-0.2, 0) is 0 Å². The van der Waals surface area contributed by atoms with Gasteiger partial charge in [0, 0.05) is 6.04 Å². The summed E-state index contributed by atoms with van der Waals surface area (Å²) in [5.41, 5.74) is 1.15. The minimum atomic E-state index is 0.308. The normalized spacial score (nSPS) is 12.3. The third-order valence-corrected chi connectivity index (χ3v) is 3.44. The van der Waals surface area contributed by atoms with Crippen molar-refractivity contribution >= 4 is 11.6 Å². The van der Waals surface area contributed by atoms with Gasteiger partial charge in [-0.1, -0.05) is 38.3 Å². The summed E-state index contributed by atoms with van der Waals surface area (Å²) in [4.78, 5) is 0. The molecule has 0 aliphatic carbocycles. The maximum Gasteiger partial charge on any atom is 0.179 e. The molecule has 0 fully saturated rings. The second-order valence-electron chi connectivity index (χ2n) is 4.49. The van der Waals surface area contributed by atoms with Crippen molar-refractivity contribution in [1.29, 1.82) is 0 Å². The molecule has 0 aliphatic rings. The molecular weight excluding hydrogens is 262 g/mol. The van der Waals surface area contributed by atoms with Gasteiger partial charge in [-0.3, -0.25) is 0 Å². The Balaban J connectivity index is 3.05. The van der Waals surface area contributed by atoms with Crippen LogP contribution in [0.15, 0.2) is 12.1 Å². The fourth-order valence-electron chi connectivity index (χ4n) is 2.18. The summed E-state index contributed by atoms with van der Waals surface area (Å²) in [7, 11) is 3.23. The van der Waals surface area contributed by atoms with E-state index in [2.05, 4.69) is 19.2 Å². The lowest BCUT2D eigenvalue weighted by Gasteiger charge is -2.20. The molecule has 0 bridgehead atoms. The molecule has 3 nitrogen and oxygen atoms in total. The number of hydrogen-bond donors (Lipinski definition) is 1. The van der Waals surface area contributed by atoms with Gasteiger partial charge in [-0.15, -0.1) is 0 Å². The van der Waals surface area contributed by atoms with Gasteiger partial charge in [0.2, 0.25) is 0 Å². The Labute approximate surface area is 121 Å². The van der Waals surface area contributed by atoms with Crippen molar-refractivity contribution in [1.82, 2.24) is 5.32 Å². The molecule has 0 aromatic heterocycles. The van der Waals surface area contributed by atoms with Crippen LogP contribution in [0, 0.1) is 0 Å². The quantitative estimate of drug-likeness (QED) is 0.776. The molecule has 0 amide bonds. The number of nitrogens with one attached hydrogen (secondary N) is 1. The third-order valence-electron chi connectivity index (χ3n) is 3.16. The lowest BCUT2D eigenvalue weighted by molar-refractivity contribution is 0.353. The zero-order valence-corrected chi connectivity index (χ0v) is 13.0. The van der Waals surface area contributed by atoms with E-state index in [9.17, 15) is 0 Å². The molecule has 0 aliphatic heterocycles. The monoisotopic (exact) mass is 285 g/mol. The highest BCUT2D eigenvalue weighted by Crippen LogP contribution is 2.38. The van der Waals surface area contributed by atoms with E-state index in [0.717, 1.165) is 18.5 Å². The van der Waals surface area contributed by atoms with Gasteiger partial charge in [0.25, 0.3) is 0 Å². The van der Waals surface area contributed by atoms with E-state index in [4.69, 9.17) is 21.1 Å². The highest BCUT2D eigenvalue weighted by Gasteiger charge is 2.16. The summed E-state index contributed by atoms with van der Waals surface area (Å²) in [6, 6.07) is 4.28. The Hall–Kier alpha value is -0.930. The van der Waals surface area contributed by atoms with Gasteiger partial charge < -0.3 is 14.8 Å². The van der Waals surface area contributed by atoms with Crippen LogP contribution >= 0.6 is 11.6 Å². The molecule has 0 spiro atoms. The van der Waals surface area contributed by atoms with Crippen molar-refractivity contribution in [3.63, 3.8) is 0 Å². The summed E-state index contributed by atoms with van der Waals surface area (Å²) in [6.45, 7) is 5.24. The zero-order chi connectivity index (χ0) is 14.3. The molecule has 0 heterocycles. The fourth-order valence-corrected chi connectivity index (χ4v) is 2.48. The molecule has 1 rings (SSSR count).